The van der Waals surface area contributed by atoms with Crippen molar-refractivity contribution in [1.29, 1.82) is 0 Å². The molecule has 0 spiro atoms. The van der Waals surface area contributed by atoms with Crippen LogP contribution in [0.1, 0.15) is 12.8 Å². The number of ether oxygens (including phenoxy) is 1. The second kappa shape index (κ2) is 9.89. The van der Waals surface area contributed by atoms with Gasteiger partial charge in [-0.3, -0.25) is 14.4 Å². The van der Waals surface area contributed by atoms with Crippen LogP contribution in [0, 0.1) is 5.82 Å². The van der Waals surface area contributed by atoms with E-state index in [1.807, 2.05) is 0 Å². The highest BCUT2D eigenvalue weighted by molar-refractivity contribution is 6.35. The molecule has 2 N–H and O–H groups in total. The molecule has 0 saturated heterocycles. The Kier molecular flexibility index (Phi) is 7.57. The Morgan fingerprint density at radius 2 is 1.63 bits per heavy atom. The van der Waals surface area contributed by atoms with Gasteiger partial charge in [-0.05, 0) is 42.5 Å². The van der Waals surface area contributed by atoms with Crippen LogP contribution in [0.3, 0.4) is 0 Å². The second-order valence-electron chi connectivity index (χ2n) is 5.39. The predicted octanol–water partition coefficient (Wildman–Crippen LogP) is 4.03. The number of hydrogen-bond donors (Lipinski definition) is 2. The number of carbonyl (C=O) groups excluding carboxylic acids is 3. The van der Waals surface area contributed by atoms with Crippen molar-refractivity contribution in [1.82, 2.24) is 0 Å². The summed E-state index contributed by atoms with van der Waals surface area (Å²) >= 11 is 11.7. The maximum Gasteiger partial charge on any atom is 0.306 e. The summed E-state index contributed by atoms with van der Waals surface area (Å²) in [5, 5.41) is 5.66. The van der Waals surface area contributed by atoms with Crippen molar-refractivity contribution in [2.24, 2.45) is 0 Å². The monoisotopic (exact) mass is 412 g/mol. The number of anilines is 2. The molecule has 0 radical (unpaired) electrons. The smallest absolute Gasteiger partial charge is 0.306 e. The lowest BCUT2D eigenvalue weighted by Gasteiger charge is -2.08. The van der Waals surface area contributed by atoms with E-state index in [4.69, 9.17) is 27.9 Å². The molecule has 6 nitrogen and oxygen atoms in total. The molecule has 142 valence electrons. The number of rotatable bonds is 7. The minimum Gasteiger partial charge on any atom is -0.456 e. The SMILES string of the molecule is O=C(CCC(=O)OCC(=O)Nc1cc(Cl)ccc1Cl)Nc1ccc(F)cc1. The minimum atomic E-state index is -0.711. The standard InChI is InChI=1S/C18H15Cl2FN2O4/c19-11-1-6-14(20)15(9-11)23-17(25)10-27-18(26)8-7-16(24)22-13-4-2-12(21)3-5-13/h1-6,9H,7-8,10H2,(H,22,24)(H,23,25). The van der Waals surface area contributed by atoms with E-state index in [1.54, 1.807) is 6.07 Å². The van der Waals surface area contributed by atoms with Crippen LogP contribution in [0.25, 0.3) is 0 Å². The zero-order chi connectivity index (χ0) is 19.8. The topological polar surface area (TPSA) is 84.5 Å². The highest BCUT2D eigenvalue weighted by atomic mass is 35.5. The number of benzene rings is 2. The highest BCUT2D eigenvalue weighted by Crippen LogP contribution is 2.25. The van der Waals surface area contributed by atoms with Gasteiger partial charge in [0.05, 0.1) is 17.1 Å². The Balaban J connectivity index is 1.70. The van der Waals surface area contributed by atoms with E-state index in [0.717, 1.165) is 0 Å². The summed E-state index contributed by atoms with van der Waals surface area (Å²) in [6.45, 7) is -0.527. The third-order valence-corrected chi connectivity index (χ3v) is 3.82. The molecule has 0 unspecified atom stereocenters. The molecule has 0 aliphatic rings. The summed E-state index contributed by atoms with van der Waals surface area (Å²) in [4.78, 5) is 35.2. The molecule has 0 aliphatic heterocycles. The Bertz CT molecular complexity index is 844. The zero-order valence-electron chi connectivity index (χ0n) is 13.9. The molecule has 2 rings (SSSR count). The number of amides is 2. The lowest BCUT2D eigenvalue weighted by molar-refractivity contribution is -0.147. The molecule has 0 atom stereocenters. The number of carbonyl (C=O) groups is 3. The van der Waals surface area contributed by atoms with Crippen LogP contribution in [0.15, 0.2) is 42.5 Å². The van der Waals surface area contributed by atoms with E-state index in [9.17, 15) is 18.8 Å². The molecule has 2 aromatic rings. The molecule has 0 aliphatic carbocycles. The van der Waals surface area contributed by atoms with Crippen molar-refractivity contribution in [3.63, 3.8) is 0 Å². The van der Waals surface area contributed by atoms with Gasteiger partial charge in [-0.15, -0.1) is 0 Å². The molecule has 9 heteroatoms. The van der Waals surface area contributed by atoms with Crippen molar-refractivity contribution >= 4 is 52.4 Å². The van der Waals surface area contributed by atoms with E-state index in [2.05, 4.69) is 10.6 Å². The summed E-state index contributed by atoms with van der Waals surface area (Å²) < 4.78 is 17.6. The van der Waals surface area contributed by atoms with Gasteiger partial charge in [-0.2, -0.15) is 0 Å². The fourth-order valence-electron chi connectivity index (χ4n) is 1.97. The van der Waals surface area contributed by atoms with Crippen LogP contribution in [0.4, 0.5) is 15.8 Å². The Morgan fingerprint density at radius 3 is 2.33 bits per heavy atom. The number of hydrogen-bond acceptors (Lipinski definition) is 4. The molecule has 0 fully saturated rings. The lowest BCUT2D eigenvalue weighted by Crippen LogP contribution is -2.22. The third-order valence-electron chi connectivity index (χ3n) is 3.25. The van der Waals surface area contributed by atoms with Crippen molar-refractivity contribution in [2.45, 2.75) is 12.8 Å². The van der Waals surface area contributed by atoms with Gasteiger partial charge in [0, 0.05) is 17.1 Å². The minimum absolute atomic E-state index is 0.141. The summed E-state index contributed by atoms with van der Waals surface area (Å²) in [5.41, 5.74) is 0.705. The lowest BCUT2D eigenvalue weighted by atomic mass is 10.2. The van der Waals surface area contributed by atoms with E-state index in [1.165, 1.54) is 36.4 Å². The van der Waals surface area contributed by atoms with Gasteiger partial charge in [0.1, 0.15) is 5.82 Å². The summed E-state index contributed by atoms with van der Waals surface area (Å²) in [5.74, 6) is -2.16. The quantitative estimate of drug-likeness (QED) is 0.672. The Morgan fingerprint density at radius 1 is 0.926 bits per heavy atom. The van der Waals surface area contributed by atoms with Crippen LogP contribution in [0.5, 0.6) is 0 Å². The largest absolute Gasteiger partial charge is 0.456 e. The fourth-order valence-corrected chi connectivity index (χ4v) is 2.31. The van der Waals surface area contributed by atoms with Crippen molar-refractivity contribution in [2.75, 3.05) is 17.2 Å². The van der Waals surface area contributed by atoms with Crippen LogP contribution in [0.2, 0.25) is 10.0 Å². The van der Waals surface area contributed by atoms with Gasteiger partial charge in [0.15, 0.2) is 6.61 Å². The molecule has 0 bridgehead atoms. The van der Waals surface area contributed by atoms with Gasteiger partial charge >= 0.3 is 5.97 Å². The first kappa shape index (κ1) is 20.7. The maximum atomic E-state index is 12.8. The zero-order valence-corrected chi connectivity index (χ0v) is 15.4. The molecular formula is C18H15Cl2FN2O4. The molecule has 0 aromatic heterocycles. The molecular weight excluding hydrogens is 398 g/mol. The van der Waals surface area contributed by atoms with E-state index in [0.29, 0.717) is 16.4 Å². The van der Waals surface area contributed by atoms with Crippen molar-refractivity contribution in [3.8, 4) is 0 Å². The first-order valence-electron chi connectivity index (χ1n) is 7.79. The average molecular weight is 413 g/mol. The maximum absolute atomic E-state index is 12.8. The van der Waals surface area contributed by atoms with Gasteiger partial charge in [0.25, 0.3) is 5.91 Å². The highest BCUT2D eigenvalue weighted by Gasteiger charge is 2.12. The van der Waals surface area contributed by atoms with E-state index >= 15 is 0 Å². The third kappa shape index (κ3) is 7.24. The molecule has 2 aromatic carbocycles. The summed E-state index contributed by atoms with van der Waals surface area (Å²) in [6.07, 6.45) is -0.351. The van der Waals surface area contributed by atoms with E-state index < -0.39 is 30.2 Å². The second-order valence-corrected chi connectivity index (χ2v) is 6.23. The average Bonchev–Trinajstić information content (AvgIpc) is 2.63. The molecule has 27 heavy (non-hydrogen) atoms. The van der Waals surface area contributed by atoms with Crippen LogP contribution >= 0.6 is 23.2 Å². The van der Waals surface area contributed by atoms with E-state index in [-0.39, 0.29) is 17.9 Å². The summed E-state index contributed by atoms with van der Waals surface area (Å²) in [6, 6.07) is 9.75. The summed E-state index contributed by atoms with van der Waals surface area (Å²) in [7, 11) is 0. The van der Waals surface area contributed by atoms with Crippen LogP contribution in [-0.4, -0.2) is 24.4 Å². The van der Waals surface area contributed by atoms with Gasteiger partial charge in [-0.1, -0.05) is 23.2 Å². The Labute approximate surface area is 164 Å². The number of esters is 1. The molecule has 0 saturated carbocycles. The first-order chi connectivity index (χ1) is 12.8. The van der Waals surface area contributed by atoms with Gasteiger partial charge in [-0.25, -0.2) is 4.39 Å². The molecule has 2 amide bonds. The fraction of sp³-hybridized carbons (Fsp3) is 0.167. The van der Waals surface area contributed by atoms with Crippen molar-refractivity contribution in [3.05, 3.63) is 58.3 Å². The van der Waals surface area contributed by atoms with Gasteiger partial charge in [0.2, 0.25) is 5.91 Å². The Hall–Kier alpha value is -2.64. The van der Waals surface area contributed by atoms with Crippen LogP contribution < -0.4 is 10.6 Å². The van der Waals surface area contributed by atoms with Crippen LogP contribution in [-0.2, 0) is 19.1 Å². The van der Waals surface area contributed by atoms with Gasteiger partial charge < -0.3 is 15.4 Å². The molecule has 0 heterocycles. The predicted molar refractivity (Wildman–Crippen MR) is 100 cm³/mol. The van der Waals surface area contributed by atoms with Crippen molar-refractivity contribution < 1.29 is 23.5 Å². The number of halogens is 3. The normalized spacial score (nSPS) is 10.2. The number of nitrogens with one attached hydrogen (secondary N) is 2. The first-order valence-corrected chi connectivity index (χ1v) is 8.55.